The summed E-state index contributed by atoms with van der Waals surface area (Å²) in [5, 5.41) is 2.81. The molecule has 33 heavy (non-hydrogen) atoms. The molecule has 1 aliphatic heterocycles. The Balaban J connectivity index is 1.57. The first kappa shape index (κ1) is 22.5. The summed E-state index contributed by atoms with van der Waals surface area (Å²) in [5.74, 6) is 1.04. The Morgan fingerprint density at radius 1 is 1.00 bits per heavy atom. The molecule has 3 aromatic rings. The molecule has 0 spiro atoms. The number of aryl methyl sites for hydroxylation is 2. The van der Waals surface area contributed by atoms with Gasteiger partial charge in [-0.15, -0.1) is 0 Å². The molecule has 1 aliphatic rings. The number of hydrogen-bond donors (Lipinski definition) is 2. The molecule has 0 saturated heterocycles. The van der Waals surface area contributed by atoms with E-state index in [-0.39, 0.29) is 25.0 Å². The predicted molar refractivity (Wildman–Crippen MR) is 126 cm³/mol. The van der Waals surface area contributed by atoms with Gasteiger partial charge in [0.1, 0.15) is 12.4 Å². The van der Waals surface area contributed by atoms with Crippen molar-refractivity contribution in [1.29, 1.82) is 0 Å². The zero-order valence-electron chi connectivity index (χ0n) is 18.5. The second-order valence-corrected chi connectivity index (χ2v) is 9.57. The van der Waals surface area contributed by atoms with Crippen LogP contribution in [0.3, 0.4) is 0 Å². The molecule has 4 rings (SSSR count). The lowest BCUT2D eigenvalue weighted by Gasteiger charge is -2.16. The molecule has 3 aromatic carbocycles. The number of ether oxygens (including phenoxy) is 3. The van der Waals surface area contributed by atoms with Gasteiger partial charge >= 0.3 is 0 Å². The Kier molecular flexibility index (Phi) is 6.15. The lowest BCUT2D eigenvalue weighted by Crippen LogP contribution is -2.14. The Hall–Kier alpha value is -3.72. The van der Waals surface area contributed by atoms with Gasteiger partial charge in [0, 0.05) is 17.3 Å². The van der Waals surface area contributed by atoms with Crippen LogP contribution in [0.15, 0.2) is 54.6 Å². The average Bonchev–Trinajstić information content (AvgIpc) is 3.23. The third-order valence-electron chi connectivity index (χ3n) is 5.06. The van der Waals surface area contributed by atoms with Gasteiger partial charge in [-0.2, -0.15) is 0 Å². The first-order chi connectivity index (χ1) is 15.7. The molecule has 0 fully saturated rings. The third-order valence-corrected chi connectivity index (χ3v) is 5.65. The van der Waals surface area contributed by atoms with Crippen molar-refractivity contribution in [3.05, 3.63) is 76.9 Å². The van der Waals surface area contributed by atoms with Crippen LogP contribution >= 0.6 is 0 Å². The van der Waals surface area contributed by atoms with E-state index < -0.39 is 10.0 Å². The maximum atomic E-state index is 12.7. The highest BCUT2D eigenvalue weighted by Gasteiger charge is 2.17. The number of anilines is 2. The number of sulfonamides is 1. The second-order valence-electron chi connectivity index (χ2n) is 7.83. The van der Waals surface area contributed by atoms with E-state index in [1.807, 2.05) is 32.0 Å². The van der Waals surface area contributed by atoms with Crippen molar-refractivity contribution >= 4 is 27.3 Å². The summed E-state index contributed by atoms with van der Waals surface area (Å²) in [6, 6.07) is 15.7. The van der Waals surface area contributed by atoms with E-state index in [0.29, 0.717) is 28.5 Å². The number of fused-ring (bicyclic) bond motifs is 1. The van der Waals surface area contributed by atoms with Gasteiger partial charge < -0.3 is 19.5 Å². The largest absolute Gasteiger partial charge is 0.487 e. The minimum atomic E-state index is -3.53. The number of carbonyl (C=O) groups is 1. The van der Waals surface area contributed by atoms with E-state index in [2.05, 4.69) is 10.0 Å². The lowest BCUT2D eigenvalue weighted by molar-refractivity contribution is 0.102. The third kappa shape index (κ3) is 5.56. The molecule has 1 amide bonds. The summed E-state index contributed by atoms with van der Waals surface area (Å²) >= 11 is 0. The summed E-state index contributed by atoms with van der Waals surface area (Å²) in [4.78, 5) is 12.7. The van der Waals surface area contributed by atoms with Gasteiger partial charge in [0.15, 0.2) is 11.5 Å². The summed E-state index contributed by atoms with van der Waals surface area (Å²) in [5.41, 5.74) is 4.27. The van der Waals surface area contributed by atoms with E-state index in [0.717, 1.165) is 22.9 Å². The Bertz CT molecular complexity index is 1320. The van der Waals surface area contributed by atoms with E-state index in [4.69, 9.17) is 14.2 Å². The smallest absolute Gasteiger partial charge is 0.255 e. The molecule has 8 nitrogen and oxygen atoms in total. The summed E-state index contributed by atoms with van der Waals surface area (Å²) in [6.07, 6.45) is 1.07. The van der Waals surface area contributed by atoms with Crippen molar-refractivity contribution in [3.8, 4) is 17.2 Å². The Morgan fingerprint density at radius 3 is 2.58 bits per heavy atom. The zero-order valence-corrected chi connectivity index (χ0v) is 19.3. The Labute approximate surface area is 192 Å². The molecule has 0 atom stereocenters. The number of benzene rings is 3. The van der Waals surface area contributed by atoms with Crippen LogP contribution in [-0.4, -0.2) is 27.4 Å². The fourth-order valence-electron chi connectivity index (χ4n) is 3.36. The molecule has 0 radical (unpaired) electrons. The monoisotopic (exact) mass is 468 g/mol. The van der Waals surface area contributed by atoms with Crippen molar-refractivity contribution < 1.29 is 27.4 Å². The molecule has 0 aliphatic carbocycles. The van der Waals surface area contributed by atoms with E-state index >= 15 is 0 Å². The van der Waals surface area contributed by atoms with E-state index in [1.54, 1.807) is 36.4 Å². The maximum absolute atomic E-state index is 12.7. The second kappa shape index (κ2) is 9.03. The molecule has 9 heteroatoms. The van der Waals surface area contributed by atoms with Crippen LogP contribution in [0.1, 0.15) is 27.0 Å². The van der Waals surface area contributed by atoms with Crippen molar-refractivity contribution in [1.82, 2.24) is 0 Å². The molecule has 0 unspecified atom stereocenters. The molecular weight excluding hydrogens is 444 g/mol. The molecule has 0 saturated carbocycles. The normalized spacial score (nSPS) is 12.3. The number of carbonyl (C=O) groups excluding carboxylic acids is 1. The fourth-order valence-corrected chi connectivity index (χ4v) is 3.92. The molecule has 1 heterocycles. The summed E-state index contributed by atoms with van der Waals surface area (Å²) in [6.45, 7) is 4.34. The Morgan fingerprint density at radius 2 is 1.79 bits per heavy atom. The van der Waals surface area contributed by atoms with Gasteiger partial charge in [-0.25, -0.2) is 8.42 Å². The van der Waals surface area contributed by atoms with Gasteiger partial charge in [-0.3, -0.25) is 9.52 Å². The standard InChI is InChI=1S/C24H24N2O6S/c1-15-4-5-16(2)18(10-15)13-30-22-12-19(7-8-20(22)26-33(3,28)29)25-24(27)17-6-9-21-23(11-17)32-14-31-21/h4-12,26H,13-14H2,1-3H3,(H,25,27). The van der Waals surface area contributed by atoms with Gasteiger partial charge in [-0.1, -0.05) is 23.8 Å². The maximum Gasteiger partial charge on any atom is 0.255 e. The van der Waals surface area contributed by atoms with Crippen LogP contribution in [0.4, 0.5) is 11.4 Å². The van der Waals surface area contributed by atoms with Crippen molar-refractivity contribution in [2.24, 2.45) is 0 Å². The van der Waals surface area contributed by atoms with Gasteiger partial charge in [0.25, 0.3) is 5.91 Å². The van der Waals surface area contributed by atoms with Gasteiger partial charge in [0.05, 0.1) is 11.9 Å². The quantitative estimate of drug-likeness (QED) is 0.538. The van der Waals surface area contributed by atoms with Crippen LogP contribution in [-0.2, 0) is 16.6 Å². The van der Waals surface area contributed by atoms with Crippen molar-refractivity contribution in [3.63, 3.8) is 0 Å². The van der Waals surface area contributed by atoms with Gasteiger partial charge in [0.2, 0.25) is 16.8 Å². The zero-order chi connectivity index (χ0) is 23.6. The predicted octanol–water partition coefficient (Wildman–Crippen LogP) is 4.23. The summed E-state index contributed by atoms with van der Waals surface area (Å²) in [7, 11) is -3.53. The summed E-state index contributed by atoms with van der Waals surface area (Å²) < 4.78 is 42.6. The van der Waals surface area contributed by atoms with E-state index in [9.17, 15) is 13.2 Å². The molecule has 2 N–H and O–H groups in total. The minimum Gasteiger partial charge on any atom is -0.487 e. The van der Waals surface area contributed by atoms with Crippen LogP contribution in [0.2, 0.25) is 0 Å². The van der Waals surface area contributed by atoms with E-state index in [1.165, 1.54) is 0 Å². The lowest BCUT2D eigenvalue weighted by atomic mass is 10.1. The van der Waals surface area contributed by atoms with Crippen LogP contribution in [0.25, 0.3) is 0 Å². The van der Waals surface area contributed by atoms with Crippen LogP contribution < -0.4 is 24.2 Å². The first-order valence-electron chi connectivity index (χ1n) is 10.2. The molecule has 172 valence electrons. The molecular formula is C24H24N2O6S. The number of amides is 1. The van der Waals surface area contributed by atoms with Crippen molar-refractivity contribution in [2.45, 2.75) is 20.5 Å². The highest BCUT2D eigenvalue weighted by atomic mass is 32.2. The van der Waals surface area contributed by atoms with Crippen molar-refractivity contribution in [2.75, 3.05) is 23.1 Å². The SMILES string of the molecule is Cc1ccc(C)c(COc2cc(NC(=O)c3ccc4c(c3)OCO4)ccc2NS(C)(=O)=O)c1. The molecule has 0 bridgehead atoms. The number of nitrogens with one attached hydrogen (secondary N) is 2. The molecule has 0 aromatic heterocycles. The van der Waals surface area contributed by atoms with Crippen LogP contribution in [0, 0.1) is 13.8 Å². The first-order valence-corrected chi connectivity index (χ1v) is 12.1. The topological polar surface area (TPSA) is 103 Å². The average molecular weight is 469 g/mol. The number of hydrogen-bond acceptors (Lipinski definition) is 6. The van der Waals surface area contributed by atoms with Gasteiger partial charge in [-0.05, 0) is 55.3 Å². The fraction of sp³-hybridized carbons (Fsp3) is 0.208. The highest BCUT2D eigenvalue weighted by Crippen LogP contribution is 2.33. The minimum absolute atomic E-state index is 0.121. The highest BCUT2D eigenvalue weighted by molar-refractivity contribution is 7.92. The van der Waals surface area contributed by atoms with Crippen LogP contribution in [0.5, 0.6) is 17.2 Å². The number of rotatable bonds is 7.